The molecule has 0 aromatic rings. The average molecular weight is 228 g/mol. The third-order valence-electron chi connectivity index (χ3n) is 3.02. The maximum Gasteiger partial charge on any atom is 0.305 e. The fraction of sp³-hybridized carbons (Fsp3) is 0.818. The highest BCUT2D eigenvalue weighted by molar-refractivity contribution is 5.85. The number of rotatable bonds is 5. The van der Waals surface area contributed by atoms with Gasteiger partial charge in [0.2, 0.25) is 5.91 Å². The molecule has 0 spiro atoms. The Morgan fingerprint density at radius 3 is 2.50 bits per heavy atom. The highest BCUT2D eigenvalue weighted by atomic mass is 16.4. The van der Waals surface area contributed by atoms with Gasteiger partial charge in [-0.2, -0.15) is 0 Å². The molecular weight excluding hydrogens is 208 g/mol. The van der Waals surface area contributed by atoms with Crippen LogP contribution < -0.4 is 11.1 Å². The van der Waals surface area contributed by atoms with Gasteiger partial charge in [-0.05, 0) is 18.8 Å². The molecule has 5 heteroatoms. The molecule has 0 aliphatic heterocycles. The zero-order valence-corrected chi connectivity index (χ0v) is 9.45. The van der Waals surface area contributed by atoms with Crippen LogP contribution >= 0.6 is 0 Å². The first kappa shape index (κ1) is 13.0. The van der Waals surface area contributed by atoms with Crippen LogP contribution in [0.5, 0.6) is 0 Å². The van der Waals surface area contributed by atoms with Crippen LogP contribution in [0.2, 0.25) is 0 Å². The summed E-state index contributed by atoms with van der Waals surface area (Å²) in [6.07, 6.45) is 5.71. The molecule has 0 bridgehead atoms. The smallest absolute Gasteiger partial charge is 0.305 e. The van der Waals surface area contributed by atoms with Crippen molar-refractivity contribution in [1.29, 1.82) is 0 Å². The Morgan fingerprint density at radius 1 is 1.31 bits per heavy atom. The minimum atomic E-state index is -1.04. The molecule has 16 heavy (non-hydrogen) atoms. The van der Waals surface area contributed by atoms with Crippen LogP contribution in [0.3, 0.4) is 0 Å². The molecule has 0 radical (unpaired) electrons. The summed E-state index contributed by atoms with van der Waals surface area (Å²) in [7, 11) is 0. The number of nitrogens with one attached hydrogen (secondary N) is 1. The van der Waals surface area contributed by atoms with Crippen molar-refractivity contribution < 1.29 is 14.7 Å². The number of aliphatic carboxylic acids is 1. The summed E-state index contributed by atoms with van der Waals surface area (Å²) in [5.74, 6) is -0.858. The lowest BCUT2D eigenvalue weighted by molar-refractivity contribution is -0.139. The van der Waals surface area contributed by atoms with Crippen LogP contribution in [0, 0.1) is 5.92 Å². The van der Waals surface area contributed by atoms with E-state index in [1.165, 1.54) is 19.3 Å². The number of carbonyl (C=O) groups excluding carboxylic acids is 1. The third kappa shape index (κ3) is 4.61. The Kier molecular flexibility index (Phi) is 5.25. The van der Waals surface area contributed by atoms with Gasteiger partial charge in [0.05, 0.1) is 12.5 Å². The first-order valence-corrected chi connectivity index (χ1v) is 5.84. The number of amides is 1. The minimum Gasteiger partial charge on any atom is -0.481 e. The summed E-state index contributed by atoms with van der Waals surface area (Å²) in [5, 5.41) is 11.2. The molecule has 1 aliphatic carbocycles. The van der Waals surface area contributed by atoms with E-state index in [1.807, 2.05) is 0 Å². The molecule has 5 nitrogen and oxygen atoms in total. The van der Waals surface area contributed by atoms with E-state index in [4.69, 9.17) is 10.8 Å². The second kappa shape index (κ2) is 6.48. The van der Waals surface area contributed by atoms with E-state index in [2.05, 4.69) is 5.32 Å². The molecule has 1 saturated carbocycles. The normalized spacial score (nSPS) is 19.1. The lowest BCUT2D eigenvalue weighted by atomic mass is 9.89. The van der Waals surface area contributed by atoms with Gasteiger partial charge in [-0.3, -0.25) is 9.59 Å². The Labute approximate surface area is 95.4 Å². The summed E-state index contributed by atoms with van der Waals surface area (Å²) >= 11 is 0. The molecule has 4 N–H and O–H groups in total. The third-order valence-corrected chi connectivity index (χ3v) is 3.02. The van der Waals surface area contributed by atoms with Crippen molar-refractivity contribution in [3.8, 4) is 0 Å². The molecule has 1 unspecified atom stereocenters. The Balaban J connectivity index is 2.20. The zero-order valence-electron chi connectivity index (χ0n) is 9.45. The van der Waals surface area contributed by atoms with Crippen molar-refractivity contribution in [2.75, 3.05) is 6.54 Å². The second-order valence-corrected chi connectivity index (χ2v) is 4.45. The van der Waals surface area contributed by atoms with Crippen LogP contribution in [0.4, 0.5) is 0 Å². The first-order valence-electron chi connectivity index (χ1n) is 5.84. The lowest BCUT2D eigenvalue weighted by Gasteiger charge is -2.22. The first-order chi connectivity index (χ1) is 7.59. The highest BCUT2D eigenvalue weighted by Crippen LogP contribution is 2.22. The van der Waals surface area contributed by atoms with Crippen LogP contribution in [0.1, 0.15) is 38.5 Å². The fourth-order valence-corrected chi connectivity index (χ4v) is 2.05. The molecule has 1 fully saturated rings. The van der Waals surface area contributed by atoms with Crippen molar-refractivity contribution in [2.24, 2.45) is 11.7 Å². The number of carbonyl (C=O) groups is 2. The monoisotopic (exact) mass is 228 g/mol. The van der Waals surface area contributed by atoms with Gasteiger partial charge in [0.25, 0.3) is 0 Å². The van der Waals surface area contributed by atoms with Crippen LogP contribution in [0.15, 0.2) is 0 Å². The Morgan fingerprint density at radius 2 is 1.94 bits per heavy atom. The SMILES string of the molecule is NC(CC(=O)O)C(=O)NCC1CCCCC1. The summed E-state index contributed by atoms with van der Waals surface area (Å²) in [5.41, 5.74) is 5.44. The van der Waals surface area contributed by atoms with Crippen molar-refractivity contribution >= 4 is 11.9 Å². The van der Waals surface area contributed by atoms with E-state index < -0.39 is 12.0 Å². The van der Waals surface area contributed by atoms with Gasteiger partial charge in [-0.15, -0.1) is 0 Å². The molecule has 1 atom stereocenters. The summed E-state index contributed by atoms with van der Waals surface area (Å²) < 4.78 is 0. The maximum atomic E-state index is 11.4. The van der Waals surface area contributed by atoms with Crippen molar-refractivity contribution in [2.45, 2.75) is 44.6 Å². The molecule has 0 aromatic carbocycles. The number of nitrogens with two attached hydrogens (primary N) is 1. The quantitative estimate of drug-likeness (QED) is 0.638. The van der Waals surface area contributed by atoms with Gasteiger partial charge in [0.15, 0.2) is 0 Å². The molecule has 0 saturated heterocycles. The number of hydrogen-bond donors (Lipinski definition) is 3. The van der Waals surface area contributed by atoms with Gasteiger partial charge in [0.1, 0.15) is 0 Å². The predicted molar refractivity (Wildman–Crippen MR) is 59.8 cm³/mol. The van der Waals surface area contributed by atoms with Gasteiger partial charge in [0, 0.05) is 6.54 Å². The predicted octanol–water partition coefficient (Wildman–Crippen LogP) is 0.485. The number of hydrogen-bond acceptors (Lipinski definition) is 3. The lowest BCUT2D eigenvalue weighted by Crippen LogP contribution is -2.43. The van der Waals surface area contributed by atoms with Crippen LogP contribution in [-0.4, -0.2) is 29.6 Å². The molecule has 0 heterocycles. The molecule has 0 aromatic heterocycles. The van der Waals surface area contributed by atoms with E-state index in [-0.39, 0.29) is 12.3 Å². The van der Waals surface area contributed by atoms with Crippen molar-refractivity contribution in [1.82, 2.24) is 5.32 Å². The van der Waals surface area contributed by atoms with Gasteiger partial charge < -0.3 is 16.2 Å². The average Bonchev–Trinajstić information content (AvgIpc) is 2.26. The largest absolute Gasteiger partial charge is 0.481 e. The molecule has 1 rings (SSSR count). The highest BCUT2D eigenvalue weighted by Gasteiger charge is 2.19. The molecular formula is C11H20N2O3. The Hall–Kier alpha value is -1.10. The summed E-state index contributed by atoms with van der Waals surface area (Å²) in [4.78, 5) is 21.8. The van der Waals surface area contributed by atoms with Crippen molar-refractivity contribution in [3.05, 3.63) is 0 Å². The number of carboxylic acids is 1. The van der Waals surface area contributed by atoms with Crippen LogP contribution in [0.25, 0.3) is 0 Å². The molecule has 92 valence electrons. The van der Waals surface area contributed by atoms with E-state index in [1.54, 1.807) is 0 Å². The van der Waals surface area contributed by atoms with Crippen molar-refractivity contribution in [3.63, 3.8) is 0 Å². The zero-order chi connectivity index (χ0) is 12.0. The van der Waals surface area contributed by atoms with E-state index in [9.17, 15) is 9.59 Å². The van der Waals surface area contributed by atoms with Crippen LogP contribution in [-0.2, 0) is 9.59 Å². The molecule has 1 amide bonds. The maximum absolute atomic E-state index is 11.4. The summed E-state index contributed by atoms with van der Waals surface area (Å²) in [6.45, 7) is 0.631. The minimum absolute atomic E-state index is 0.309. The number of carboxylic acid groups (broad SMARTS) is 1. The van der Waals surface area contributed by atoms with E-state index >= 15 is 0 Å². The fourth-order valence-electron chi connectivity index (χ4n) is 2.05. The topological polar surface area (TPSA) is 92.4 Å². The van der Waals surface area contributed by atoms with Gasteiger partial charge in [-0.1, -0.05) is 19.3 Å². The standard InChI is InChI=1S/C11H20N2O3/c12-9(6-10(14)15)11(16)13-7-8-4-2-1-3-5-8/h8-9H,1-7,12H2,(H,13,16)(H,14,15). The van der Waals surface area contributed by atoms with Gasteiger partial charge >= 0.3 is 5.97 Å². The summed E-state index contributed by atoms with van der Waals surface area (Å²) in [6, 6.07) is -0.930. The van der Waals surface area contributed by atoms with E-state index in [0.717, 1.165) is 12.8 Å². The molecule has 1 aliphatic rings. The Bertz CT molecular complexity index is 250. The second-order valence-electron chi connectivity index (χ2n) is 4.45. The van der Waals surface area contributed by atoms with Gasteiger partial charge in [-0.25, -0.2) is 0 Å². The van der Waals surface area contributed by atoms with E-state index in [0.29, 0.717) is 12.5 Å².